The maximum absolute atomic E-state index is 14.8. The summed E-state index contributed by atoms with van der Waals surface area (Å²) in [5.74, 6) is -1.28. The molecule has 2 aliphatic heterocycles. The minimum absolute atomic E-state index is 0.00694. The Morgan fingerprint density at radius 3 is 2.59 bits per heavy atom. The third kappa shape index (κ3) is 10.1. The lowest BCUT2D eigenvalue weighted by Gasteiger charge is -2.30. The van der Waals surface area contributed by atoms with E-state index >= 15 is 0 Å². The van der Waals surface area contributed by atoms with E-state index in [-0.39, 0.29) is 55.0 Å². The van der Waals surface area contributed by atoms with E-state index in [0.717, 1.165) is 37.2 Å². The number of carboxylic acids is 1. The van der Waals surface area contributed by atoms with Gasteiger partial charge in [0.2, 0.25) is 11.8 Å². The number of hydrogen-bond donors (Lipinski definition) is 5. The molecule has 2 unspecified atom stereocenters. The number of rotatable bonds is 12. The van der Waals surface area contributed by atoms with Crippen LogP contribution in [-0.4, -0.2) is 99.0 Å². The highest BCUT2D eigenvalue weighted by molar-refractivity contribution is 7.14. The molecule has 7 atom stereocenters. The number of carbonyl (C=O) groups excluding carboxylic acids is 4. The number of carboxylic acid groups (broad SMARTS) is 1. The van der Waals surface area contributed by atoms with Gasteiger partial charge >= 0.3 is 12.0 Å². The van der Waals surface area contributed by atoms with Gasteiger partial charge in [-0.25, -0.2) is 19.6 Å². The predicted molar refractivity (Wildman–Crippen MR) is 233 cm³/mol. The number of nitrogens with one attached hydrogen (secondary N) is 4. The lowest BCUT2D eigenvalue weighted by Crippen LogP contribution is -2.57. The number of carbonyl (C=O) groups is 5. The van der Waals surface area contributed by atoms with Crippen LogP contribution in [0.4, 0.5) is 9.93 Å². The number of Topliss-reactive ketones (excluding diaryl/α,β-unsaturated/α-hetero) is 1. The Balaban J connectivity index is 1.18. The van der Waals surface area contributed by atoms with Gasteiger partial charge in [0, 0.05) is 59.7 Å². The van der Waals surface area contributed by atoms with Gasteiger partial charge in [0.15, 0.2) is 5.13 Å². The molecule has 0 bridgehead atoms. The van der Waals surface area contributed by atoms with E-state index in [1.165, 1.54) is 16.2 Å². The number of aromatic nitrogens is 2. The number of anilines is 1. The normalized spacial score (nSPS) is 26.2. The second-order valence-corrected chi connectivity index (χ2v) is 18.5. The fourth-order valence-corrected chi connectivity index (χ4v) is 9.72. The van der Waals surface area contributed by atoms with E-state index in [0.29, 0.717) is 59.5 Å². The number of amides is 4. The molecule has 3 fully saturated rings. The summed E-state index contributed by atoms with van der Waals surface area (Å²) in [4.78, 5) is 79.3. The van der Waals surface area contributed by atoms with E-state index in [9.17, 15) is 29.1 Å². The van der Waals surface area contributed by atoms with E-state index in [1.54, 1.807) is 13.2 Å². The van der Waals surface area contributed by atoms with Crippen LogP contribution in [0.25, 0.3) is 22.3 Å². The molecule has 0 spiro atoms. The number of pyridine rings is 1. The highest BCUT2D eigenvalue weighted by Gasteiger charge is 2.61. The quantitative estimate of drug-likeness (QED) is 0.125. The summed E-state index contributed by atoms with van der Waals surface area (Å²) in [5.41, 5.74) is 0.333. The third-order valence-electron chi connectivity index (χ3n) is 12.5. The van der Waals surface area contributed by atoms with Crippen molar-refractivity contribution in [2.45, 2.75) is 134 Å². The lowest BCUT2D eigenvalue weighted by atomic mass is 9.91. The minimum Gasteiger partial charge on any atom is -0.497 e. The van der Waals surface area contributed by atoms with Crippen molar-refractivity contribution >= 4 is 57.0 Å². The molecule has 3 aromatic rings. The fourth-order valence-electron chi connectivity index (χ4n) is 8.87. The number of fused-ring (bicyclic) bond motifs is 3. The van der Waals surface area contributed by atoms with Crippen molar-refractivity contribution in [1.82, 2.24) is 30.8 Å². The molecule has 0 radical (unpaired) electrons. The van der Waals surface area contributed by atoms with Crippen LogP contribution >= 0.6 is 11.3 Å². The Kier molecular flexibility index (Phi) is 13.5. The number of urea groups is 1. The van der Waals surface area contributed by atoms with Crippen molar-refractivity contribution in [3.8, 4) is 22.9 Å². The van der Waals surface area contributed by atoms with Crippen molar-refractivity contribution in [1.29, 1.82) is 0 Å². The Hall–Kier alpha value is -5.25. The van der Waals surface area contributed by atoms with Gasteiger partial charge in [-0.1, -0.05) is 38.8 Å². The molecule has 16 heteroatoms. The van der Waals surface area contributed by atoms with Crippen LogP contribution in [0.2, 0.25) is 0 Å². The van der Waals surface area contributed by atoms with Gasteiger partial charge in [-0.3, -0.25) is 14.4 Å². The molecule has 4 amide bonds. The zero-order chi connectivity index (χ0) is 43.4. The summed E-state index contributed by atoms with van der Waals surface area (Å²) in [6.07, 6.45) is 9.55. The van der Waals surface area contributed by atoms with Gasteiger partial charge in [-0.15, -0.1) is 11.3 Å². The summed E-state index contributed by atoms with van der Waals surface area (Å²) < 4.78 is 12.3. The molecular formula is C45H59N7O8S. The zero-order valence-electron chi connectivity index (χ0n) is 35.7. The monoisotopic (exact) mass is 857 g/mol. The topological polar surface area (TPSA) is 201 Å². The highest BCUT2D eigenvalue weighted by Crippen LogP contribution is 2.45. The second-order valence-electron chi connectivity index (χ2n) is 17.7. The number of thiazole rings is 1. The molecule has 2 saturated carbocycles. The van der Waals surface area contributed by atoms with Crippen LogP contribution in [0.3, 0.4) is 0 Å². The maximum Gasteiger partial charge on any atom is 0.330 e. The predicted octanol–water partition coefficient (Wildman–Crippen LogP) is 6.47. The number of allylic oxidation sites excluding steroid dienone is 1. The van der Waals surface area contributed by atoms with Gasteiger partial charge < -0.3 is 40.7 Å². The van der Waals surface area contributed by atoms with Crippen LogP contribution in [-0.2, 0) is 19.2 Å². The number of methoxy groups -OCH3 is 1. The molecule has 1 aromatic carbocycles. The number of nitrogens with zero attached hydrogens (tertiary/aromatic N) is 3. The van der Waals surface area contributed by atoms with Gasteiger partial charge in [0.1, 0.15) is 46.7 Å². The number of ketones is 1. The molecule has 1 saturated heterocycles. The first-order chi connectivity index (χ1) is 29.2. The molecule has 4 heterocycles. The molecule has 2 aliphatic carbocycles. The van der Waals surface area contributed by atoms with Crippen LogP contribution < -0.4 is 30.7 Å². The van der Waals surface area contributed by atoms with Crippen molar-refractivity contribution in [3.05, 3.63) is 41.8 Å². The summed E-state index contributed by atoms with van der Waals surface area (Å²) in [5, 5.41) is 25.9. The van der Waals surface area contributed by atoms with Crippen molar-refractivity contribution in [3.63, 3.8) is 0 Å². The lowest BCUT2D eigenvalue weighted by molar-refractivity contribution is -0.145. The van der Waals surface area contributed by atoms with E-state index in [4.69, 9.17) is 19.4 Å². The largest absolute Gasteiger partial charge is 0.497 e. The number of aliphatic carboxylic acids is 1. The van der Waals surface area contributed by atoms with E-state index < -0.39 is 47.5 Å². The molecule has 328 valence electrons. The van der Waals surface area contributed by atoms with E-state index in [2.05, 4.69) is 21.3 Å². The summed E-state index contributed by atoms with van der Waals surface area (Å²) >= 11 is 1.46. The summed E-state index contributed by atoms with van der Waals surface area (Å²) in [6, 6.07) is 4.61. The van der Waals surface area contributed by atoms with Crippen LogP contribution in [0.15, 0.2) is 41.8 Å². The van der Waals surface area contributed by atoms with Crippen molar-refractivity contribution in [2.75, 3.05) is 19.0 Å². The smallest absolute Gasteiger partial charge is 0.330 e. The van der Waals surface area contributed by atoms with E-state index in [1.807, 2.05) is 63.4 Å². The van der Waals surface area contributed by atoms with Crippen molar-refractivity contribution in [2.24, 2.45) is 17.8 Å². The molecule has 7 rings (SSSR count). The Morgan fingerprint density at radius 1 is 1.05 bits per heavy atom. The summed E-state index contributed by atoms with van der Waals surface area (Å²) in [7, 11) is 1.58. The molecule has 15 nitrogen and oxygen atoms in total. The Bertz CT molecular complexity index is 2160. The van der Waals surface area contributed by atoms with Gasteiger partial charge in [-0.05, 0) is 76.8 Å². The standard InChI is InChI=1S/C45H59N7O8S/c1-25(2)33(18-27-12-11-15-38(27)53)49-43(58)48-32-14-10-8-6-7-9-13-28-22-45(28,42(56)57)51-40(54)37-20-30(23-52(37)41(32)55)60-39-21-35(36-24-61-44(50-36)46-26(3)4)47-34-19-29(59-5)16-17-31(34)39/h9,13,16-17,19,21,24-28,30,32-33,37H,6-8,10-12,14-15,18,20,22-23H2,1-5H3,(H,46,50)(H,51,54)(H,56,57)(H2,48,49,58)/t27?,28?,30-,32+,33-,37+,45-/m1/s1. The third-order valence-corrected chi connectivity index (χ3v) is 13.2. The van der Waals surface area contributed by atoms with Gasteiger partial charge in [-0.2, -0.15) is 0 Å². The average Bonchev–Trinajstić information content (AvgIpc) is 3.55. The van der Waals surface area contributed by atoms with Crippen LogP contribution in [0.5, 0.6) is 11.5 Å². The minimum atomic E-state index is -1.47. The first-order valence-electron chi connectivity index (χ1n) is 21.7. The second kappa shape index (κ2) is 18.8. The van der Waals surface area contributed by atoms with Crippen LogP contribution in [0.1, 0.15) is 98.3 Å². The van der Waals surface area contributed by atoms with Gasteiger partial charge in [0.05, 0.1) is 24.9 Å². The molecular weight excluding hydrogens is 799 g/mol. The molecule has 4 aliphatic rings. The number of benzene rings is 1. The number of ether oxygens (including phenoxy) is 2. The fraction of sp³-hybridized carbons (Fsp3) is 0.578. The Morgan fingerprint density at radius 2 is 1.87 bits per heavy atom. The van der Waals surface area contributed by atoms with Gasteiger partial charge in [0.25, 0.3) is 0 Å². The van der Waals surface area contributed by atoms with Crippen molar-refractivity contribution < 1.29 is 38.6 Å². The van der Waals surface area contributed by atoms with Crippen LogP contribution in [0, 0.1) is 17.8 Å². The molecule has 5 N–H and O–H groups in total. The summed E-state index contributed by atoms with van der Waals surface area (Å²) in [6.45, 7) is 8.08. The zero-order valence-corrected chi connectivity index (χ0v) is 36.5. The highest BCUT2D eigenvalue weighted by atomic mass is 32.1. The average molecular weight is 858 g/mol. The SMILES string of the molecule is COc1ccc2c(O[C@@H]3C[C@H]4C(=O)N[C@]5(C(=O)O)CC5C=CCCCCC[C@H](NC(=O)N[C@H](CC5CCCC5=O)C(C)C)C(=O)N4C3)cc(-c3csc(NC(C)C)n3)nc2c1. The first kappa shape index (κ1) is 43.8. The Labute approximate surface area is 360 Å². The number of hydrogen-bond acceptors (Lipinski definition) is 11. The first-order valence-corrected chi connectivity index (χ1v) is 22.6. The maximum atomic E-state index is 14.8. The molecule has 61 heavy (non-hydrogen) atoms. The molecule has 2 aromatic heterocycles.